The monoisotopic (exact) mass is 448 g/mol. The zero-order chi connectivity index (χ0) is 22.8. The molecule has 0 atom stereocenters. The minimum absolute atomic E-state index is 0.0498. The number of hydrogen-bond donors (Lipinski definition) is 1. The molecule has 2 heterocycles. The van der Waals surface area contributed by atoms with Crippen molar-refractivity contribution in [2.24, 2.45) is 0 Å². The molecule has 0 unspecified atom stereocenters. The molecule has 4 rings (SSSR count). The first-order chi connectivity index (χ1) is 15.4. The molecule has 0 saturated carbocycles. The normalized spacial score (nSPS) is 11.3. The molecule has 0 aliphatic carbocycles. The quantitative estimate of drug-likeness (QED) is 0.374. The summed E-state index contributed by atoms with van der Waals surface area (Å²) in [5, 5.41) is 9.32. The maximum absolute atomic E-state index is 12.8. The Morgan fingerprint density at radius 1 is 1.03 bits per heavy atom. The molecule has 5 nitrogen and oxygen atoms in total. The molecule has 6 heteroatoms. The van der Waals surface area contributed by atoms with Gasteiger partial charge in [0.2, 0.25) is 0 Å². The minimum atomic E-state index is -0.0498. The van der Waals surface area contributed by atoms with E-state index in [0.717, 1.165) is 41.8 Å². The van der Waals surface area contributed by atoms with Gasteiger partial charge in [-0.3, -0.25) is 9.48 Å². The van der Waals surface area contributed by atoms with Gasteiger partial charge in [-0.2, -0.15) is 5.10 Å². The van der Waals surface area contributed by atoms with E-state index in [1.54, 1.807) is 0 Å². The standard InChI is InChI=1S/C26H29ClN4O/c1-17-19(3)30(16-21-9-6-5-7-10-21)24-12-11-22(15-23(17)24)26(32)28-13-8-14-31-20(4)25(27)18(2)29-31/h5-7,9-12,15H,8,13-14,16H2,1-4H3,(H,28,32). The van der Waals surface area contributed by atoms with Crippen molar-refractivity contribution in [1.82, 2.24) is 19.7 Å². The highest BCUT2D eigenvalue weighted by Gasteiger charge is 2.14. The fourth-order valence-corrected chi connectivity index (χ4v) is 4.32. The van der Waals surface area contributed by atoms with Crippen LogP contribution in [0.4, 0.5) is 0 Å². The molecule has 1 amide bonds. The van der Waals surface area contributed by atoms with Crippen molar-refractivity contribution in [3.8, 4) is 0 Å². The fourth-order valence-electron chi connectivity index (χ4n) is 4.19. The van der Waals surface area contributed by atoms with E-state index in [4.69, 9.17) is 11.6 Å². The van der Waals surface area contributed by atoms with Crippen LogP contribution in [0.15, 0.2) is 48.5 Å². The lowest BCUT2D eigenvalue weighted by atomic mass is 10.1. The van der Waals surface area contributed by atoms with E-state index >= 15 is 0 Å². The van der Waals surface area contributed by atoms with Crippen LogP contribution < -0.4 is 5.32 Å². The van der Waals surface area contributed by atoms with Crippen LogP contribution in [0.2, 0.25) is 5.02 Å². The number of hydrogen-bond acceptors (Lipinski definition) is 2. The van der Waals surface area contributed by atoms with Crippen LogP contribution in [-0.4, -0.2) is 26.8 Å². The first kappa shape index (κ1) is 22.2. The van der Waals surface area contributed by atoms with Gasteiger partial charge in [-0.25, -0.2) is 0 Å². The molecular formula is C26H29ClN4O. The van der Waals surface area contributed by atoms with E-state index in [0.29, 0.717) is 17.1 Å². The molecule has 1 N–H and O–H groups in total. The first-order valence-electron chi connectivity index (χ1n) is 11.0. The molecule has 0 fully saturated rings. The number of benzene rings is 2. The summed E-state index contributed by atoms with van der Waals surface area (Å²) in [5.74, 6) is -0.0498. The van der Waals surface area contributed by atoms with Crippen LogP contribution in [0.5, 0.6) is 0 Å². The second kappa shape index (κ2) is 9.21. The zero-order valence-corrected chi connectivity index (χ0v) is 19.8. The average Bonchev–Trinajstić information content (AvgIpc) is 3.19. The van der Waals surface area contributed by atoms with Crippen molar-refractivity contribution < 1.29 is 4.79 Å². The SMILES string of the molecule is Cc1nn(CCCNC(=O)c2ccc3c(c2)c(C)c(C)n3Cc2ccccc2)c(C)c1Cl. The first-order valence-corrected chi connectivity index (χ1v) is 11.4. The Balaban J connectivity index is 1.44. The lowest BCUT2D eigenvalue weighted by Crippen LogP contribution is -2.25. The number of nitrogens with one attached hydrogen (secondary N) is 1. The molecule has 0 spiro atoms. The van der Waals surface area contributed by atoms with Crippen molar-refractivity contribution >= 4 is 28.4 Å². The van der Waals surface area contributed by atoms with Crippen molar-refractivity contribution in [3.63, 3.8) is 0 Å². The summed E-state index contributed by atoms with van der Waals surface area (Å²) in [6, 6.07) is 16.4. The lowest BCUT2D eigenvalue weighted by molar-refractivity contribution is 0.0952. The van der Waals surface area contributed by atoms with E-state index in [2.05, 4.69) is 59.2 Å². The molecule has 0 radical (unpaired) electrons. The number of carbonyl (C=O) groups is 1. The van der Waals surface area contributed by atoms with Gasteiger partial charge in [-0.1, -0.05) is 41.9 Å². The van der Waals surface area contributed by atoms with Gasteiger partial charge < -0.3 is 9.88 Å². The summed E-state index contributed by atoms with van der Waals surface area (Å²) in [7, 11) is 0. The third kappa shape index (κ3) is 4.30. The summed E-state index contributed by atoms with van der Waals surface area (Å²) >= 11 is 6.21. The minimum Gasteiger partial charge on any atom is -0.352 e. The predicted octanol–water partition coefficient (Wildman–Crippen LogP) is 5.59. The van der Waals surface area contributed by atoms with Crippen LogP contribution in [0.1, 0.15) is 45.0 Å². The van der Waals surface area contributed by atoms with E-state index in [1.807, 2.05) is 36.7 Å². The van der Waals surface area contributed by atoms with Crippen LogP contribution >= 0.6 is 11.6 Å². The van der Waals surface area contributed by atoms with Crippen LogP contribution in [-0.2, 0) is 13.1 Å². The number of halogens is 1. The molecule has 0 saturated heterocycles. The second-order valence-corrected chi connectivity index (χ2v) is 8.71. The number of aryl methyl sites for hydroxylation is 3. The zero-order valence-electron chi connectivity index (χ0n) is 19.1. The van der Waals surface area contributed by atoms with E-state index < -0.39 is 0 Å². The molecule has 166 valence electrons. The highest BCUT2D eigenvalue weighted by molar-refractivity contribution is 6.31. The van der Waals surface area contributed by atoms with Crippen molar-refractivity contribution in [2.45, 2.75) is 47.2 Å². The molecule has 0 bridgehead atoms. The van der Waals surface area contributed by atoms with Gasteiger partial charge in [0.1, 0.15) is 0 Å². The molecule has 0 aliphatic rings. The Bertz CT molecular complexity index is 1270. The summed E-state index contributed by atoms with van der Waals surface area (Å²) < 4.78 is 4.22. The van der Waals surface area contributed by atoms with Gasteiger partial charge in [0.15, 0.2) is 0 Å². The summed E-state index contributed by atoms with van der Waals surface area (Å²) in [6.07, 6.45) is 0.790. The van der Waals surface area contributed by atoms with E-state index in [-0.39, 0.29) is 5.91 Å². The van der Waals surface area contributed by atoms with Crippen LogP contribution in [0.25, 0.3) is 10.9 Å². The highest BCUT2D eigenvalue weighted by atomic mass is 35.5. The Labute approximate surface area is 194 Å². The van der Waals surface area contributed by atoms with Gasteiger partial charge >= 0.3 is 0 Å². The Morgan fingerprint density at radius 3 is 2.47 bits per heavy atom. The molecule has 32 heavy (non-hydrogen) atoms. The lowest BCUT2D eigenvalue weighted by Gasteiger charge is -2.09. The summed E-state index contributed by atoms with van der Waals surface area (Å²) in [4.78, 5) is 12.8. The summed E-state index contributed by atoms with van der Waals surface area (Å²) in [5.41, 5.74) is 7.35. The van der Waals surface area contributed by atoms with Gasteiger partial charge in [0.25, 0.3) is 5.91 Å². The number of carbonyl (C=O) groups excluding carboxylic acids is 1. The third-order valence-electron chi connectivity index (χ3n) is 6.21. The molecule has 2 aromatic heterocycles. The van der Waals surface area contributed by atoms with Gasteiger partial charge in [0, 0.05) is 41.8 Å². The van der Waals surface area contributed by atoms with Crippen molar-refractivity contribution in [3.05, 3.63) is 87.3 Å². The molecular weight excluding hydrogens is 420 g/mol. The largest absolute Gasteiger partial charge is 0.352 e. The molecule has 2 aromatic carbocycles. The Kier molecular flexibility index (Phi) is 6.38. The van der Waals surface area contributed by atoms with E-state index in [1.165, 1.54) is 16.8 Å². The maximum atomic E-state index is 12.8. The Hall–Kier alpha value is -3.05. The van der Waals surface area contributed by atoms with Crippen molar-refractivity contribution in [2.75, 3.05) is 6.54 Å². The number of aromatic nitrogens is 3. The maximum Gasteiger partial charge on any atom is 0.251 e. The number of fused-ring (bicyclic) bond motifs is 1. The van der Waals surface area contributed by atoms with Crippen LogP contribution in [0.3, 0.4) is 0 Å². The fraction of sp³-hybridized carbons (Fsp3) is 0.308. The molecule has 4 aromatic rings. The van der Waals surface area contributed by atoms with Crippen molar-refractivity contribution in [1.29, 1.82) is 0 Å². The summed E-state index contributed by atoms with van der Waals surface area (Å²) in [6.45, 7) is 10.3. The average molecular weight is 449 g/mol. The number of amides is 1. The third-order valence-corrected chi connectivity index (χ3v) is 6.76. The second-order valence-electron chi connectivity index (χ2n) is 8.33. The molecule has 0 aliphatic heterocycles. The van der Waals surface area contributed by atoms with Gasteiger partial charge in [-0.15, -0.1) is 0 Å². The van der Waals surface area contributed by atoms with Gasteiger partial charge in [-0.05, 0) is 63.4 Å². The number of rotatable bonds is 7. The predicted molar refractivity (Wildman–Crippen MR) is 131 cm³/mol. The topological polar surface area (TPSA) is 51.9 Å². The van der Waals surface area contributed by atoms with Gasteiger partial charge in [0.05, 0.1) is 16.4 Å². The number of nitrogens with zero attached hydrogens (tertiary/aromatic N) is 3. The highest BCUT2D eigenvalue weighted by Crippen LogP contribution is 2.27. The van der Waals surface area contributed by atoms with Crippen LogP contribution in [0, 0.1) is 27.7 Å². The van der Waals surface area contributed by atoms with E-state index in [9.17, 15) is 4.79 Å². The Morgan fingerprint density at radius 2 is 1.78 bits per heavy atom. The smallest absolute Gasteiger partial charge is 0.251 e.